The first-order chi connectivity index (χ1) is 9.56. The molecule has 0 saturated heterocycles. The third-order valence-corrected chi connectivity index (χ3v) is 2.77. The number of ether oxygens (including phenoxy) is 2. The summed E-state index contributed by atoms with van der Waals surface area (Å²) < 4.78 is 10.4. The quantitative estimate of drug-likeness (QED) is 0.611. The van der Waals surface area contributed by atoms with Crippen LogP contribution in [0.25, 0.3) is 0 Å². The zero-order valence-electron chi connectivity index (χ0n) is 11.6. The van der Waals surface area contributed by atoms with Crippen molar-refractivity contribution >= 4 is 23.5 Å². The molecule has 8 heteroatoms. The highest BCUT2D eigenvalue weighted by molar-refractivity contribution is 6.31. The van der Waals surface area contributed by atoms with E-state index >= 15 is 0 Å². The molecule has 1 aromatic rings. The number of anilines is 1. The van der Waals surface area contributed by atoms with Gasteiger partial charge in [-0.25, -0.2) is 14.8 Å². The SMILES string of the molecule is CCCCOC(=O)N(C)CCOc1c(N)ncnc1Cl. The Morgan fingerprint density at radius 1 is 1.45 bits per heavy atom. The highest BCUT2D eigenvalue weighted by Crippen LogP contribution is 2.26. The maximum absolute atomic E-state index is 11.6. The minimum atomic E-state index is -0.384. The molecule has 0 saturated carbocycles. The average molecular weight is 303 g/mol. The van der Waals surface area contributed by atoms with Crippen LogP contribution < -0.4 is 10.5 Å². The molecule has 0 spiro atoms. The number of nitrogens with two attached hydrogens (primary N) is 1. The van der Waals surface area contributed by atoms with Crippen LogP contribution >= 0.6 is 11.6 Å². The molecule has 1 heterocycles. The van der Waals surface area contributed by atoms with Crippen molar-refractivity contribution in [1.29, 1.82) is 0 Å². The van der Waals surface area contributed by atoms with E-state index in [1.54, 1.807) is 7.05 Å². The van der Waals surface area contributed by atoms with Crippen LogP contribution in [0.2, 0.25) is 5.15 Å². The zero-order chi connectivity index (χ0) is 15.0. The molecule has 112 valence electrons. The van der Waals surface area contributed by atoms with Crippen molar-refractivity contribution in [3.63, 3.8) is 0 Å². The van der Waals surface area contributed by atoms with Crippen molar-refractivity contribution in [2.75, 3.05) is 32.5 Å². The normalized spacial score (nSPS) is 10.2. The lowest BCUT2D eigenvalue weighted by Gasteiger charge is -2.17. The fraction of sp³-hybridized carbons (Fsp3) is 0.583. The molecule has 0 unspecified atom stereocenters. The van der Waals surface area contributed by atoms with Gasteiger partial charge < -0.3 is 20.1 Å². The van der Waals surface area contributed by atoms with Crippen molar-refractivity contribution < 1.29 is 14.3 Å². The van der Waals surface area contributed by atoms with Gasteiger partial charge in [0.05, 0.1) is 13.2 Å². The molecule has 0 fully saturated rings. The Balaban J connectivity index is 2.34. The summed E-state index contributed by atoms with van der Waals surface area (Å²) >= 11 is 5.83. The Hall–Kier alpha value is -1.76. The third-order valence-electron chi connectivity index (χ3n) is 2.50. The summed E-state index contributed by atoms with van der Waals surface area (Å²) in [5.41, 5.74) is 5.61. The van der Waals surface area contributed by atoms with Crippen molar-refractivity contribution in [1.82, 2.24) is 14.9 Å². The second-order valence-corrected chi connectivity index (χ2v) is 4.47. The number of carbonyl (C=O) groups excluding carboxylic acids is 1. The molecule has 0 aromatic carbocycles. The number of likely N-dealkylation sites (N-methyl/N-ethyl adjacent to an activating group) is 1. The maximum Gasteiger partial charge on any atom is 0.409 e. The lowest BCUT2D eigenvalue weighted by molar-refractivity contribution is 0.104. The molecule has 0 radical (unpaired) electrons. The van der Waals surface area contributed by atoms with Gasteiger partial charge in [-0.3, -0.25) is 0 Å². The summed E-state index contributed by atoms with van der Waals surface area (Å²) in [5, 5.41) is 0.144. The van der Waals surface area contributed by atoms with Gasteiger partial charge in [-0.15, -0.1) is 0 Å². The summed E-state index contributed by atoms with van der Waals surface area (Å²) in [5.74, 6) is 0.389. The molecule has 1 aromatic heterocycles. The Bertz CT molecular complexity index is 424. The standard InChI is InChI=1S/C12H19ClN4O3/c1-3-4-6-20-12(18)17(2)5-7-19-9-10(13)15-8-16-11(9)14/h8H,3-7H2,1-2H3,(H2,14,15,16). The summed E-state index contributed by atoms with van der Waals surface area (Å²) in [6.45, 7) is 3.01. The first-order valence-electron chi connectivity index (χ1n) is 6.33. The van der Waals surface area contributed by atoms with E-state index in [4.69, 9.17) is 26.8 Å². The molecular weight excluding hydrogens is 284 g/mol. The Morgan fingerprint density at radius 3 is 2.85 bits per heavy atom. The largest absolute Gasteiger partial charge is 0.485 e. The smallest absolute Gasteiger partial charge is 0.409 e. The lowest BCUT2D eigenvalue weighted by Crippen LogP contribution is -2.31. The summed E-state index contributed by atoms with van der Waals surface area (Å²) in [7, 11) is 1.63. The third kappa shape index (κ3) is 5.08. The van der Waals surface area contributed by atoms with E-state index in [0.717, 1.165) is 12.8 Å². The molecule has 0 aliphatic heterocycles. The number of aromatic nitrogens is 2. The van der Waals surface area contributed by atoms with Crippen LogP contribution in [0.15, 0.2) is 6.33 Å². The van der Waals surface area contributed by atoms with Crippen LogP contribution in [0.5, 0.6) is 5.75 Å². The van der Waals surface area contributed by atoms with E-state index < -0.39 is 0 Å². The average Bonchev–Trinajstić information content (AvgIpc) is 2.42. The van der Waals surface area contributed by atoms with Gasteiger partial charge in [0.25, 0.3) is 0 Å². The number of carbonyl (C=O) groups is 1. The van der Waals surface area contributed by atoms with Crippen LogP contribution in [0, 0.1) is 0 Å². The Morgan fingerprint density at radius 2 is 2.20 bits per heavy atom. The van der Waals surface area contributed by atoms with E-state index in [2.05, 4.69) is 9.97 Å². The highest BCUT2D eigenvalue weighted by Gasteiger charge is 2.12. The van der Waals surface area contributed by atoms with Gasteiger partial charge in [0, 0.05) is 7.05 Å². The van der Waals surface area contributed by atoms with Gasteiger partial charge in [0.1, 0.15) is 12.9 Å². The first kappa shape index (κ1) is 16.3. The maximum atomic E-state index is 11.6. The monoisotopic (exact) mass is 302 g/mol. The first-order valence-corrected chi connectivity index (χ1v) is 6.70. The number of nitrogen functional groups attached to an aromatic ring is 1. The van der Waals surface area contributed by atoms with Crippen molar-refractivity contribution in [2.24, 2.45) is 0 Å². The topological polar surface area (TPSA) is 90.6 Å². The number of hydrogen-bond acceptors (Lipinski definition) is 6. The minimum absolute atomic E-state index is 0.144. The molecule has 7 nitrogen and oxygen atoms in total. The number of rotatable bonds is 7. The van der Waals surface area contributed by atoms with Crippen LogP contribution in [0.1, 0.15) is 19.8 Å². The van der Waals surface area contributed by atoms with Gasteiger partial charge in [0.15, 0.2) is 16.7 Å². The molecule has 1 amide bonds. The van der Waals surface area contributed by atoms with Crippen LogP contribution in [-0.4, -0.2) is 47.8 Å². The molecule has 1 rings (SSSR count). The van der Waals surface area contributed by atoms with Crippen molar-refractivity contribution in [2.45, 2.75) is 19.8 Å². The predicted molar refractivity (Wildman–Crippen MR) is 75.8 cm³/mol. The lowest BCUT2D eigenvalue weighted by atomic mass is 10.4. The molecule has 20 heavy (non-hydrogen) atoms. The van der Waals surface area contributed by atoms with Gasteiger partial charge >= 0.3 is 6.09 Å². The fourth-order valence-corrected chi connectivity index (χ4v) is 1.48. The predicted octanol–water partition coefficient (Wildman–Crippen LogP) is 1.96. The minimum Gasteiger partial charge on any atom is -0.485 e. The van der Waals surface area contributed by atoms with Gasteiger partial charge in [-0.2, -0.15) is 0 Å². The highest BCUT2D eigenvalue weighted by atomic mass is 35.5. The number of hydrogen-bond donors (Lipinski definition) is 1. The van der Waals surface area contributed by atoms with Crippen molar-refractivity contribution in [3.05, 3.63) is 11.5 Å². The second-order valence-electron chi connectivity index (χ2n) is 4.12. The van der Waals surface area contributed by atoms with Crippen LogP contribution in [-0.2, 0) is 4.74 Å². The van der Waals surface area contributed by atoms with Gasteiger partial charge in [-0.05, 0) is 6.42 Å². The molecular formula is C12H19ClN4O3. The van der Waals surface area contributed by atoms with E-state index in [9.17, 15) is 4.79 Å². The number of amides is 1. The summed E-state index contributed by atoms with van der Waals surface area (Å²) in [6.07, 6.45) is 2.70. The molecule has 0 aliphatic rings. The van der Waals surface area contributed by atoms with Gasteiger partial charge in [0.2, 0.25) is 0 Å². The van der Waals surface area contributed by atoms with E-state index in [0.29, 0.717) is 13.2 Å². The van der Waals surface area contributed by atoms with Crippen LogP contribution in [0.4, 0.5) is 10.6 Å². The van der Waals surface area contributed by atoms with E-state index in [1.165, 1.54) is 11.2 Å². The summed E-state index contributed by atoms with van der Waals surface area (Å²) in [4.78, 5) is 20.5. The second kappa shape index (κ2) is 8.42. The molecule has 2 N–H and O–H groups in total. The van der Waals surface area contributed by atoms with Crippen molar-refractivity contribution in [3.8, 4) is 5.75 Å². The van der Waals surface area contributed by atoms with Gasteiger partial charge in [-0.1, -0.05) is 24.9 Å². The molecule has 0 aliphatic carbocycles. The van der Waals surface area contributed by atoms with E-state index in [-0.39, 0.29) is 29.4 Å². The van der Waals surface area contributed by atoms with Crippen LogP contribution in [0.3, 0.4) is 0 Å². The Kier molecular flexibility index (Phi) is 6.86. The fourth-order valence-electron chi connectivity index (χ4n) is 1.29. The molecule has 0 bridgehead atoms. The van der Waals surface area contributed by atoms with E-state index in [1.807, 2.05) is 6.92 Å². The number of halogens is 1. The molecule has 0 atom stereocenters. The number of unbranched alkanes of at least 4 members (excludes halogenated alkanes) is 1. The summed E-state index contributed by atoms with van der Waals surface area (Å²) in [6, 6.07) is 0. The zero-order valence-corrected chi connectivity index (χ0v) is 12.4. The number of nitrogens with zero attached hydrogens (tertiary/aromatic N) is 3. The Labute approximate surface area is 123 Å².